The van der Waals surface area contributed by atoms with Crippen molar-refractivity contribution in [1.29, 1.82) is 0 Å². The predicted octanol–water partition coefficient (Wildman–Crippen LogP) is 3.97. The molecule has 2 aromatic heterocycles. The van der Waals surface area contributed by atoms with Crippen LogP contribution >= 0.6 is 22.9 Å². The molecule has 1 aromatic carbocycles. The second kappa shape index (κ2) is 5.55. The monoisotopic (exact) mass is 290 g/mol. The van der Waals surface area contributed by atoms with Gasteiger partial charge in [-0.1, -0.05) is 18.2 Å². The summed E-state index contributed by atoms with van der Waals surface area (Å²) in [6.07, 6.45) is 0.869. The van der Waals surface area contributed by atoms with E-state index in [1.165, 1.54) is 4.88 Å². The van der Waals surface area contributed by atoms with E-state index in [0.29, 0.717) is 12.5 Å². The Morgan fingerprint density at radius 2 is 2.00 bits per heavy atom. The number of hydrogen-bond acceptors (Lipinski definition) is 4. The minimum Gasteiger partial charge on any atom is -0.477 e. The van der Waals surface area contributed by atoms with Crippen LogP contribution in [0.5, 0.6) is 5.88 Å². The lowest BCUT2D eigenvalue weighted by molar-refractivity contribution is 0.314. The van der Waals surface area contributed by atoms with Crippen molar-refractivity contribution in [2.75, 3.05) is 6.61 Å². The minimum absolute atomic E-state index is 0.213. The number of rotatable bonds is 4. The average molecular weight is 291 g/mol. The molecular weight excluding hydrogens is 280 g/mol. The van der Waals surface area contributed by atoms with Gasteiger partial charge in [0.1, 0.15) is 0 Å². The quantitative estimate of drug-likeness (QED) is 0.682. The van der Waals surface area contributed by atoms with E-state index in [9.17, 15) is 0 Å². The van der Waals surface area contributed by atoms with Crippen LogP contribution < -0.4 is 4.74 Å². The molecule has 96 valence electrons. The van der Waals surface area contributed by atoms with Gasteiger partial charge in [-0.2, -0.15) is 4.98 Å². The second-order valence-corrected chi connectivity index (χ2v) is 5.36. The van der Waals surface area contributed by atoms with Gasteiger partial charge in [-0.25, -0.2) is 4.98 Å². The molecule has 0 bridgehead atoms. The zero-order valence-electron chi connectivity index (χ0n) is 10.0. The first-order chi connectivity index (χ1) is 9.33. The van der Waals surface area contributed by atoms with Gasteiger partial charge < -0.3 is 4.74 Å². The van der Waals surface area contributed by atoms with Crippen LogP contribution in [0.2, 0.25) is 5.28 Å². The lowest BCUT2D eigenvalue weighted by atomic mass is 10.2. The summed E-state index contributed by atoms with van der Waals surface area (Å²) in [5.41, 5.74) is 0.800. The molecule has 19 heavy (non-hydrogen) atoms. The van der Waals surface area contributed by atoms with Crippen molar-refractivity contribution in [2.45, 2.75) is 6.42 Å². The highest BCUT2D eigenvalue weighted by Crippen LogP contribution is 2.24. The van der Waals surface area contributed by atoms with Crippen LogP contribution in [0.4, 0.5) is 0 Å². The Kier molecular flexibility index (Phi) is 3.62. The first kappa shape index (κ1) is 12.4. The van der Waals surface area contributed by atoms with Crippen molar-refractivity contribution in [3.63, 3.8) is 0 Å². The highest BCUT2D eigenvalue weighted by Gasteiger charge is 2.07. The summed E-state index contributed by atoms with van der Waals surface area (Å²) >= 11 is 7.63. The molecule has 3 rings (SSSR count). The van der Waals surface area contributed by atoms with Gasteiger partial charge in [0.2, 0.25) is 11.2 Å². The van der Waals surface area contributed by atoms with Crippen molar-refractivity contribution >= 4 is 33.8 Å². The third-order valence-corrected chi connectivity index (χ3v) is 3.81. The van der Waals surface area contributed by atoms with Gasteiger partial charge >= 0.3 is 0 Å². The molecule has 0 fully saturated rings. The highest BCUT2D eigenvalue weighted by molar-refractivity contribution is 7.09. The first-order valence-corrected chi connectivity index (χ1v) is 7.16. The van der Waals surface area contributed by atoms with E-state index in [1.54, 1.807) is 11.3 Å². The maximum atomic E-state index is 5.90. The SMILES string of the molecule is Clc1nc(OCCc2cccs2)c2ccccc2n1. The number of hydrogen-bond donors (Lipinski definition) is 0. The Morgan fingerprint density at radius 3 is 2.84 bits per heavy atom. The third kappa shape index (κ3) is 2.85. The molecular formula is C14H11ClN2OS. The van der Waals surface area contributed by atoms with Crippen molar-refractivity contribution < 1.29 is 4.74 Å². The molecule has 3 aromatic rings. The van der Waals surface area contributed by atoms with E-state index >= 15 is 0 Å². The molecule has 2 heterocycles. The van der Waals surface area contributed by atoms with Crippen LogP contribution in [0, 0.1) is 0 Å². The van der Waals surface area contributed by atoms with Gasteiger partial charge in [-0.15, -0.1) is 11.3 Å². The van der Waals surface area contributed by atoms with Gasteiger partial charge in [-0.3, -0.25) is 0 Å². The summed E-state index contributed by atoms with van der Waals surface area (Å²) in [5.74, 6) is 0.548. The number of ether oxygens (including phenoxy) is 1. The number of thiophene rings is 1. The van der Waals surface area contributed by atoms with Crippen LogP contribution in [0.3, 0.4) is 0 Å². The molecule has 0 spiro atoms. The minimum atomic E-state index is 0.213. The van der Waals surface area contributed by atoms with Crippen LogP contribution in [0.25, 0.3) is 10.9 Å². The summed E-state index contributed by atoms with van der Waals surface area (Å²) in [6, 6.07) is 11.8. The Hall–Kier alpha value is -1.65. The molecule has 5 heteroatoms. The summed E-state index contributed by atoms with van der Waals surface area (Å²) in [5, 5.41) is 3.16. The average Bonchev–Trinajstić information content (AvgIpc) is 2.91. The molecule has 0 saturated heterocycles. The maximum Gasteiger partial charge on any atom is 0.226 e. The molecule has 0 aliphatic heterocycles. The molecule has 0 radical (unpaired) electrons. The van der Waals surface area contributed by atoms with E-state index in [0.717, 1.165) is 17.3 Å². The highest BCUT2D eigenvalue weighted by atomic mass is 35.5. The van der Waals surface area contributed by atoms with Crippen LogP contribution in [-0.2, 0) is 6.42 Å². The van der Waals surface area contributed by atoms with Gasteiger partial charge in [0, 0.05) is 11.3 Å². The largest absolute Gasteiger partial charge is 0.477 e. The molecule has 0 atom stereocenters. The molecule has 0 N–H and O–H groups in total. The second-order valence-electron chi connectivity index (χ2n) is 3.99. The zero-order valence-corrected chi connectivity index (χ0v) is 11.6. The van der Waals surface area contributed by atoms with Gasteiger partial charge in [0.05, 0.1) is 17.5 Å². The fourth-order valence-electron chi connectivity index (χ4n) is 1.83. The van der Waals surface area contributed by atoms with Gasteiger partial charge in [-0.05, 0) is 35.2 Å². The van der Waals surface area contributed by atoms with Crippen LogP contribution in [0.15, 0.2) is 41.8 Å². The number of para-hydroxylation sites is 1. The van der Waals surface area contributed by atoms with Crippen molar-refractivity contribution in [3.8, 4) is 5.88 Å². The van der Waals surface area contributed by atoms with Crippen molar-refractivity contribution in [3.05, 3.63) is 51.9 Å². The molecule has 0 amide bonds. The lowest BCUT2D eigenvalue weighted by Crippen LogP contribution is -2.03. The first-order valence-electron chi connectivity index (χ1n) is 5.90. The number of benzene rings is 1. The zero-order chi connectivity index (χ0) is 13.1. The number of halogens is 1. The fraction of sp³-hybridized carbons (Fsp3) is 0.143. The smallest absolute Gasteiger partial charge is 0.226 e. The third-order valence-electron chi connectivity index (χ3n) is 2.71. The van der Waals surface area contributed by atoms with Crippen LogP contribution in [0.1, 0.15) is 4.88 Å². The van der Waals surface area contributed by atoms with E-state index in [4.69, 9.17) is 16.3 Å². The van der Waals surface area contributed by atoms with E-state index in [1.807, 2.05) is 30.3 Å². The molecule has 3 nitrogen and oxygen atoms in total. The molecule has 0 unspecified atom stereocenters. The number of nitrogens with zero attached hydrogens (tertiary/aromatic N) is 2. The Bertz CT molecular complexity index is 685. The van der Waals surface area contributed by atoms with E-state index in [2.05, 4.69) is 21.4 Å². The number of aromatic nitrogens is 2. The van der Waals surface area contributed by atoms with Gasteiger partial charge in [0.15, 0.2) is 0 Å². The van der Waals surface area contributed by atoms with Crippen molar-refractivity contribution in [1.82, 2.24) is 9.97 Å². The van der Waals surface area contributed by atoms with E-state index < -0.39 is 0 Å². The van der Waals surface area contributed by atoms with Crippen molar-refractivity contribution in [2.24, 2.45) is 0 Å². The summed E-state index contributed by atoms with van der Waals surface area (Å²) in [4.78, 5) is 9.62. The van der Waals surface area contributed by atoms with Crippen LogP contribution in [-0.4, -0.2) is 16.6 Å². The summed E-state index contributed by atoms with van der Waals surface area (Å²) in [7, 11) is 0. The summed E-state index contributed by atoms with van der Waals surface area (Å²) < 4.78 is 5.74. The Labute approximate surface area is 119 Å². The lowest BCUT2D eigenvalue weighted by Gasteiger charge is -2.07. The predicted molar refractivity (Wildman–Crippen MR) is 78.1 cm³/mol. The Morgan fingerprint density at radius 1 is 1.11 bits per heavy atom. The fourth-order valence-corrected chi connectivity index (χ4v) is 2.69. The molecule has 0 saturated carbocycles. The topological polar surface area (TPSA) is 35.0 Å². The summed E-state index contributed by atoms with van der Waals surface area (Å²) in [6.45, 7) is 0.581. The maximum absolute atomic E-state index is 5.90. The molecule has 0 aliphatic rings. The number of fused-ring (bicyclic) bond motifs is 1. The standard InChI is InChI=1S/C14H11ClN2OS/c15-14-16-12-6-2-1-5-11(12)13(17-14)18-8-7-10-4-3-9-19-10/h1-6,9H,7-8H2. The normalized spacial score (nSPS) is 10.8. The molecule has 0 aliphatic carbocycles. The van der Waals surface area contributed by atoms with Gasteiger partial charge in [0.25, 0.3) is 0 Å². The van der Waals surface area contributed by atoms with E-state index in [-0.39, 0.29) is 5.28 Å². The Balaban J connectivity index is 1.80.